The molecular weight excluding hydrogens is 256 g/mol. The molecular formula is C16H22O4. The van der Waals surface area contributed by atoms with E-state index in [0.29, 0.717) is 0 Å². The molecule has 1 rings (SSSR count). The Hall–Kier alpha value is -1.84. The molecule has 0 aromatic heterocycles. The van der Waals surface area contributed by atoms with Crippen LogP contribution in [0, 0.1) is 5.41 Å². The first-order chi connectivity index (χ1) is 8.94. The molecule has 20 heavy (non-hydrogen) atoms. The standard InChI is InChI=1S/C16H22O4/c1-15(2,3)9-16(4,5)10-6-7-12(17)11(8-10)13(18)14(19)20/h6-8,17H,9H2,1-5H3,(H,19,20). The Morgan fingerprint density at radius 3 is 2.10 bits per heavy atom. The van der Waals surface area contributed by atoms with Crippen LogP contribution in [0.5, 0.6) is 5.75 Å². The molecule has 0 aliphatic carbocycles. The topological polar surface area (TPSA) is 74.6 Å². The van der Waals surface area contributed by atoms with Gasteiger partial charge in [-0.1, -0.05) is 40.7 Å². The monoisotopic (exact) mass is 278 g/mol. The first-order valence-corrected chi connectivity index (χ1v) is 6.55. The quantitative estimate of drug-likeness (QED) is 0.654. The van der Waals surface area contributed by atoms with Crippen molar-refractivity contribution in [3.05, 3.63) is 29.3 Å². The number of phenolic OH excluding ortho intramolecular Hbond substituents is 1. The maximum Gasteiger partial charge on any atom is 0.377 e. The van der Waals surface area contributed by atoms with Gasteiger partial charge in [-0.2, -0.15) is 0 Å². The summed E-state index contributed by atoms with van der Waals surface area (Å²) in [7, 11) is 0. The number of ketones is 1. The summed E-state index contributed by atoms with van der Waals surface area (Å²) in [5.74, 6) is -2.95. The summed E-state index contributed by atoms with van der Waals surface area (Å²) in [4.78, 5) is 22.4. The van der Waals surface area contributed by atoms with E-state index in [1.807, 2.05) is 13.8 Å². The molecule has 1 aromatic carbocycles. The van der Waals surface area contributed by atoms with E-state index in [1.54, 1.807) is 6.07 Å². The molecule has 0 amide bonds. The summed E-state index contributed by atoms with van der Waals surface area (Å²) in [6.45, 7) is 10.5. The number of aromatic hydroxyl groups is 1. The third kappa shape index (κ3) is 3.83. The van der Waals surface area contributed by atoms with Gasteiger partial charge < -0.3 is 10.2 Å². The second-order valence-corrected chi connectivity index (χ2v) is 6.99. The van der Waals surface area contributed by atoms with Gasteiger partial charge in [-0.15, -0.1) is 0 Å². The van der Waals surface area contributed by atoms with Crippen LogP contribution in [0.1, 0.15) is 57.0 Å². The first-order valence-electron chi connectivity index (χ1n) is 6.55. The van der Waals surface area contributed by atoms with Crippen molar-refractivity contribution in [2.45, 2.75) is 46.5 Å². The van der Waals surface area contributed by atoms with E-state index in [2.05, 4.69) is 20.8 Å². The number of rotatable bonds is 4. The van der Waals surface area contributed by atoms with Crippen molar-refractivity contribution in [1.29, 1.82) is 0 Å². The normalized spacial score (nSPS) is 12.2. The van der Waals surface area contributed by atoms with E-state index in [0.717, 1.165) is 12.0 Å². The van der Waals surface area contributed by atoms with Gasteiger partial charge in [0.15, 0.2) is 0 Å². The fourth-order valence-corrected chi connectivity index (χ4v) is 2.68. The minimum Gasteiger partial charge on any atom is -0.507 e. The number of hydrogen-bond donors (Lipinski definition) is 2. The molecule has 0 heterocycles. The number of carboxylic acids is 1. The summed E-state index contributed by atoms with van der Waals surface area (Å²) in [6, 6.07) is 4.60. The van der Waals surface area contributed by atoms with Crippen LogP contribution in [0.15, 0.2) is 18.2 Å². The number of benzene rings is 1. The SMILES string of the molecule is CC(C)(C)CC(C)(C)c1ccc(O)c(C(=O)C(=O)O)c1. The molecule has 0 saturated carbocycles. The second-order valence-electron chi connectivity index (χ2n) is 6.99. The zero-order valence-electron chi connectivity index (χ0n) is 12.7. The van der Waals surface area contributed by atoms with Crippen LogP contribution in [-0.4, -0.2) is 22.0 Å². The molecule has 2 N–H and O–H groups in total. The molecule has 1 aromatic rings. The Morgan fingerprint density at radius 1 is 1.10 bits per heavy atom. The number of aliphatic carboxylic acids is 1. The van der Waals surface area contributed by atoms with Crippen molar-refractivity contribution in [2.24, 2.45) is 5.41 Å². The molecule has 0 unspecified atom stereocenters. The lowest BCUT2D eigenvalue weighted by molar-refractivity contribution is -0.131. The summed E-state index contributed by atoms with van der Waals surface area (Å²) in [6.07, 6.45) is 0.867. The Labute approximate surface area is 119 Å². The predicted octanol–water partition coefficient (Wildman–Crippen LogP) is 3.37. The molecule has 0 bridgehead atoms. The van der Waals surface area contributed by atoms with Gasteiger partial charge in [-0.05, 0) is 34.9 Å². The molecule has 0 radical (unpaired) electrons. The average molecular weight is 278 g/mol. The van der Waals surface area contributed by atoms with Gasteiger partial charge >= 0.3 is 5.97 Å². The lowest BCUT2D eigenvalue weighted by Gasteiger charge is -2.33. The summed E-state index contributed by atoms with van der Waals surface area (Å²) in [5, 5.41) is 18.4. The van der Waals surface area contributed by atoms with Gasteiger partial charge in [0, 0.05) is 0 Å². The van der Waals surface area contributed by atoms with E-state index >= 15 is 0 Å². The van der Waals surface area contributed by atoms with Crippen LogP contribution in [0.3, 0.4) is 0 Å². The van der Waals surface area contributed by atoms with Gasteiger partial charge in [0.25, 0.3) is 5.78 Å². The molecule has 0 fully saturated rings. The highest BCUT2D eigenvalue weighted by Crippen LogP contribution is 2.37. The molecule has 0 atom stereocenters. The van der Waals surface area contributed by atoms with Crippen molar-refractivity contribution in [1.82, 2.24) is 0 Å². The van der Waals surface area contributed by atoms with Gasteiger partial charge in [0.1, 0.15) is 5.75 Å². The molecule has 4 heteroatoms. The maximum absolute atomic E-state index is 11.6. The van der Waals surface area contributed by atoms with Crippen LogP contribution in [0.2, 0.25) is 0 Å². The summed E-state index contributed by atoms with van der Waals surface area (Å²) in [5.41, 5.74) is 0.560. The number of Topliss-reactive ketones (excluding diaryl/α,β-unsaturated/α-hetero) is 1. The average Bonchev–Trinajstić information content (AvgIpc) is 2.25. The van der Waals surface area contributed by atoms with Crippen LogP contribution < -0.4 is 0 Å². The predicted molar refractivity (Wildman–Crippen MR) is 77.2 cm³/mol. The van der Waals surface area contributed by atoms with Crippen LogP contribution >= 0.6 is 0 Å². The van der Waals surface area contributed by atoms with Crippen molar-refractivity contribution in [3.63, 3.8) is 0 Å². The third-order valence-electron chi connectivity index (χ3n) is 3.19. The highest BCUT2D eigenvalue weighted by molar-refractivity contribution is 6.40. The van der Waals surface area contributed by atoms with Gasteiger partial charge in [0.05, 0.1) is 5.56 Å². The van der Waals surface area contributed by atoms with Crippen LogP contribution in [-0.2, 0) is 10.2 Å². The number of hydrogen-bond acceptors (Lipinski definition) is 3. The minimum atomic E-state index is -1.56. The van der Waals surface area contributed by atoms with E-state index < -0.39 is 11.8 Å². The Kier molecular flexibility index (Phi) is 4.27. The second kappa shape index (κ2) is 5.27. The Balaban J connectivity index is 3.25. The van der Waals surface area contributed by atoms with Crippen molar-refractivity contribution < 1.29 is 19.8 Å². The van der Waals surface area contributed by atoms with Gasteiger partial charge in [-0.25, -0.2) is 4.79 Å². The Bertz CT molecular complexity index is 536. The molecule has 0 aliphatic rings. The number of carbonyl (C=O) groups is 2. The molecule has 0 spiro atoms. The fraction of sp³-hybridized carbons (Fsp3) is 0.500. The van der Waals surface area contributed by atoms with Crippen LogP contribution in [0.4, 0.5) is 0 Å². The smallest absolute Gasteiger partial charge is 0.377 e. The highest BCUT2D eigenvalue weighted by atomic mass is 16.4. The third-order valence-corrected chi connectivity index (χ3v) is 3.19. The molecule has 0 saturated heterocycles. The lowest BCUT2D eigenvalue weighted by Crippen LogP contribution is -2.25. The van der Waals surface area contributed by atoms with Crippen molar-refractivity contribution >= 4 is 11.8 Å². The fourth-order valence-electron chi connectivity index (χ4n) is 2.68. The number of carboxylic acid groups (broad SMARTS) is 1. The van der Waals surface area contributed by atoms with E-state index in [1.165, 1.54) is 12.1 Å². The summed E-state index contributed by atoms with van der Waals surface area (Å²) < 4.78 is 0. The van der Waals surface area contributed by atoms with E-state index in [9.17, 15) is 14.7 Å². The summed E-state index contributed by atoms with van der Waals surface area (Å²) >= 11 is 0. The zero-order chi connectivity index (χ0) is 15.7. The molecule has 110 valence electrons. The van der Waals surface area contributed by atoms with E-state index in [-0.39, 0.29) is 22.1 Å². The maximum atomic E-state index is 11.6. The van der Waals surface area contributed by atoms with Crippen molar-refractivity contribution in [3.8, 4) is 5.75 Å². The van der Waals surface area contributed by atoms with Gasteiger partial charge in [-0.3, -0.25) is 4.79 Å². The zero-order valence-corrected chi connectivity index (χ0v) is 12.7. The Morgan fingerprint density at radius 2 is 1.65 bits per heavy atom. The lowest BCUT2D eigenvalue weighted by atomic mass is 9.72. The molecule has 0 aliphatic heterocycles. The number of phenols is 1. The van der Waals surface area contributed by atoms with Gasteiger partial charge in [0.2, 0.25) is 0 Å². The number of carbonyl (C=O) groups excluding carboxylic acids is 1. The largest absolute Gasteiger partial charge is 0.507 e. The first kappa shape index (κ1) is 16.2. The van der Waals surface area contributed by atoms with Crippen LogP contribution in [0.25, 0.3) is 0 Å². The van der Waals surface area contributed by atoms with E-state index in [4.69, 9.17) is 5.11 Å². The van der Waals surface area contributed by atoms with Crippen molar-refractivity contribution in [2.75, 3.05) is 0 Å². The highest BCUT2D eigenvalue weighted by Gasteiger charge is 2.29. The molecule has 4 nitrogen and oxygen atoms in total. The minimum absolute atomic E-state index is 0.0956.